The molecule has 0 radical (unpaired) electrons. The van der Waals surface area contributed by atoms with E-state index in [2.05, 4.69) is 9.97 Å². The van der Waals surface area contributed by atoms with Gasteiger partial charge in [0.15, 0.2) is 22.6 Å². The fourth-order valence-electron chi connectivity index (χ4n) is 4.04. The third-order valence-electron chi connectivity index (χ3n) is 5.72. The molecule has 0 saturated carbocycles. The second kappa shape index (κ2) is 10.8. The van der Waals surface area contributed by atoms with Gasteiger partial charge < -0.3 is 15.2 Å². The minimum Gasteiger partial charge on any atom is -0.335 e. The Kier molecular flexibility index (Phi) is 8.40. The molecular weight excluding hydrogens is 554 g/mol. The van der Waals surface area contributed by atoms with Crippen molar-refractivity contribution in [2.75, 3.05) is 6.54 Å². The third-order valence-corrected chi connectivity index (χ3v) is 5.99. The fourth-order valence-corrected chi connectivity index (χ4v) is 4.20. The Morgan fingerprint density at radius 1 is 1.11 bits per heavy atom. The molecule has 0 aliphatic carbocycles. The zero-order valence-electron chi connectivity index (χ0n) is 18.6. The van der Waals surface area contributed by atoms with Gasteiger partial charge in [-0.2, -0.15) is 13.2 Å². The van der Waals surface area contributed by atoms with Crippen molar-refractivity contribution in [1.82, 2.24) is 19.4 Å². The summed E-state index contributed by atoms with van der Waals surface area (Å²) in [5, 5.41) is -0.554. The zero-order chi connectivity index (χ0) is 26.4. The number of halogens is 9. The lowest BCUT2D eigenvalue weighted by Gasteiger charge is -2.30. The van der Waals surface area contributed by atoms with E-state index in [0.29, 0.717) is 12.1 Å². The van der Waals surface area contributed by atoms with E-state index >= 15 is 0 Å². The summed E-state index contributed by atoms with van der Waals surface area (Å²) in [7, 11) is 0. The highest BCUT2D eigenvalue weighted by Gasteiger charge is 2.41. The smallest absolute Gasteiger partial charge is 0.335 e. The lowest BCUT2D eigenvalue weighted by Crippen LogP contribution is -2.42. The zero-order valence-corrected chi connectivity index (χ0v) is 20.2. The second-order valence-electron chi connectivity index (χ2n) is 8.18. The van der Waals surface area contributed by atoms with Gasteiger partial charge >= 0.3 is 6.18 Å². The number of benzene rings is 1. The predicted molar refractivity (Wildman–Crippen MR) is 121 cm³/mol. The van der Waals surface area contributed by atoms with Crippen LogP contribution in [0.1, 0.15) is 23.5 Å². The van der Waals surface area contributed by atoms with Crippen LogP contribution in [-0.4, -0.2) is 37.9 Å². The predicted octanol–water partition coefficient (Wildman–Crippen LogP) is 4.90. The molecule has 1 atom stereocenters. The highest BCUT2D eigenvalue weighted by atomic mass is 35.5. The van der Waals surface area contributed by atoms with Crippen LogP contribution < -0.4 is 5.73 Å². The first-order valence-corrected chi connectivity index (χ1v) is 10.9. The monoisotopic (exact) mass is 571 g/mol. The second-order valence-corrected chi connectivity index (χ2v) is 8.54. The van der Waals surface area contributed by atoms with Crippen LogP contribution >= 0.6 is 24.0 Å². The number of imidazole rings is 1. The highest BCUT2D eigenvalue weighted by molar-refractivity contribution is 6.29. The number of nitrogens with zero attached hydrogens (tertiary/aromatic N) is 4. The van der Waals surface area contributed by atoms with Crippen molar-refractivity contribution in [3.63, 3.8) is 0 Å². The van der Waals surface area contributed by atoms with Gasteiger partial charge in [-0.3, -0.25) is 4.79 Å². The number of nitrogens with two attached hydrogens (primary N) is 1. The minimum absolute atomic E-state index is 0. The lowest BCUT2D eigenvalue weighted by atomic mass is 10.0. The van der Waals surface area contributed by atoms with Gasteiger partial charge in [-0.05, 0) is 24.1 Å². The summed E-state index contributed by atoms with van der Waals surface area (Å²) in [5.74, 6) is -6.56. The Labute approximate surface area is 216 Å². The topological polar surface area (TPSA) is 77.0 Å². The Bertz CT molecular complexity index is 1330. The van der Waals surface area contributed by atoms with Gasteiger partial charge in [0.25, 0.3) is 0 Å². The van der Waals surface area contributed by atoms with Crippen molar-refractivity contribution in [3.8, 4) is 11.3 Å². The maximum absolute atomic E-state index is 14.6. The molecule has 1 amide bonds. The summed E-state index contributed by atoms with van der Waals surface area (Å²) in [4.78, 5) is 21.2. The van der Waals surface area contributed by atoms with Gasteiger partial charge in [0, 0.05) is 43.4 Å². The van der Waals surface area contributed by atoms with Gasteiger partial charge in [0.2, 0.25) is 11.7 Å². The molecule has 4 rings (SSSR count). The molecule has 0 unspecified atom stereocenters. The fraction of sp³-hybridized carbons (Fsp3) is 0.318. The van der Waals surface area contributed by atoms with Gasteiger partial charge in [-0.1, -0.05) is 11.6 Å². The number of fused-ring (bicyclic) bond motifs is 1. The minimum atomic E-state index is -4.84. The first-order chi connectivity index (χ1) is 16.9. The molecule has 2 N–H and O–H groups in total. The number of carbonyl (C=O) groups is 1. The molecule has 0 fully saturated rings. The van der Waals surface area contributed by atoms with E-state index in [1.165, 1.54) is 4.90 Å². The average Bonchev–Trinajstić information content (AvgIpc) is 3.18. The molecule has 200 valence electrons. The molecular formula is C22H18Cl2F7N5O. The van der Waals surface area contributed by atoms with Crippen LogP contribution in [0, 0.1) is 23.3 Å². The van der Waals surface area contributed by atoms with E-state index < -0.39 is 52.4 Å². The molecule has 3 heterocycles. The largest absolute Gasteiger partial charge is 0.449 e. The molecule has 1 aliphatic heterocycles. The normalized spacial score (nSPS) is 14.2. The standard InChI is InChI=1S/C22H17ClF7N5O.ClH/c23-20-18(27)12(1-2-32-20)19-16-9-34(3-4-35(16)21(33-19)22(28,29)30)17(36)7-11(31)5-10-6-14(25)15(26)8-13(10)24;/h1-2,6,8,11H,3-5,7,9,31H2;1H/t11-;/m1./s1. The first-order valence-electron chi connectivity index (χ1n) is 10.5. The van der Waals surface area contributed by atoms with E-state index in [1.54, 1.807) is 0 Å². The van der Waals surface area contributed by atoms with Crippen LogP contribution in [0.2, 0.25) is 5.15 Å². The van der Waals surface area contributed by atoms with Crippen LogP contribution in [0.4, 0.5) is 30.7 Å². The highest BCUT2D eigenvalue weighted by Crippen LogP contribution is 2.37. The number of amides is 1. The van der Waals surface area contributed by atoms with Crippen LogP contribution in [0.3, 0.4) is 0 Å². The Hall–Kier alpha value is -2.90. The lowest BCUT2D eigenvalue weighted by molar-refractivity contribution is -0.148. The van der Waals surface area contributed by atoms with E-state index in [1.807, 2.05) is 0 Å². The maximum atomic E-state index is 14.6. The van der Waals surface area contributed by atoms with Crippen LogP contribution in [-0.2, 0) is 30.5 Å². The van der Waals surface area contributed by atoms with Crippen molar-refractivity contribution in [2.24, 2.45) is 5.73 Å². The Morgan fingerprint density at radius 2 is 1.78 bits per heavy atom. The number of hydrogen-bond donors (Lipinski definition) is 1. The summed E-state index contributed by atoms with van der Waals surface area (Å²) in [6.07, 6.45) is -4.38. The van der Waals surface area contributed by atoms with Gasteiger partial charge in [0.05, 0.1) is 17.9 Å². The molecule has 15 heteroatoms. The van der Waals surface area contributed by atoms with Crippen molar-refractivity contribution >= 4 is 29.9 Å². The molecule has 37 heavy (non-hydrogen) atoms. The van der Waals surface area contributed by atoms with E-state index in [0.717, 1.165) is 16.8 Å². The van der Waals surface area contributed by atoms with Crippen molar-refractivity contribution in [2.45, 2.75) is 38.1 Å². The van der Waals surface area contributed by atoms with E-state index in [9.17, 15) is 35.5 Å². The molecule has 1 aromatic carbocycles. The van der Waals surface area contributed by atoms with Crippen LogP contribution in [0.5, 0.6) is 0 Å². The van der Waals surface area contributed by atoms with Gasteiger partial charge in [0.1, 0.15) is 5.82 Å². The number of aromatic nitrogens is 3. The number of carbonyl (C=O) groups excluding carboxylic acids is 1. The van der Waals surface area contributed by atoms with Gasteiger partial charge in [-0.25, -0.2) is 27.5 Å². The molecule has 0 saturated heterocycles. The number of alkyl halides is 3. The summed E-state index contributed by atoms with van der Waals surface area (Å²) >= 11 is 5.68. The molecule has 2 aromatic heterocycles. The summed E-state index contributed by atoms with van der Waals surface area (Å²) in [5.41, 5.74) is 4.97. The molecule has 0 spiro atoms. The summed E-state index contributed by atoms with van der Waals surface area (Å²) in [6.45, 7) is -0.754. The Morgan fingerprint density at radius 3 is 2.46 bits per heavy atom. The Balaban J connectivity index is 0.00000380. The molecule has 3 aromatic rings. The van der Waals surface area contributed by atoms with Crippen molar-refractivity contribution in [3.05, 3.63) is 69.9 Å². The third kappa shape index (κ3) is 5.83. The first kappa shape index (κ1) is 28.7. The summed E-state index contributed by atoms with van der Waals surface area (Å²) in [6, 6.07) is 1.14. The molecule has 6 nitrogen and oxygen atoms in total. The maximum Gasteiger partial charge on any atom is 0.449 e. The van der Waals surface area contributed by atoms with E-state index in [-0.39, 0.29) is 67.4 Å². The molecule has 0 bridgehead atoms. The van der Waals surface area contributed by atoms with Gasteiger partial charge in [-0.15, -0.1) is 12.4 Å². The number of pyridine rings is 1. The SMILES string of the molecule is Cl.N[C@@H](CC(=O)N1CCn2c(C(F)(F)F)nc(-c3ccnc(Cl)c3F)c2C1)Cc1cc(F)c(F)cc1F. The average molecular weight is 572 g/mol. The summed E-state index contributed by atoms with van der Waals surface area (Å²) < 4.78 is 96.8. The van der Waals surface area contributed by atoms with Crippen molar-refractivity contribution in [1.29, 1.82) is 0 Å². The quantitative estimate of drug-likeness (QED) is 0.268. The molecule has 1 aliphatic rings. The van der Waals surface area contributed by atoms with Crippen LogP contribution in [0.15, 0.2) is 24.4 Å². The number of rotatable bonds is 5. The number of hydrogen-bond acceptors (Lipinski definition) is 4. The van der Waals surface area contributed by atoms with E-state index in [4.69, 9.17) is 17.3 Å². The van der Waals surface area contributed by atoms with Crippen molar-refractivity contribution < 1.29 is 35.5 Å². The van der Waals surface area contributed by atoms with Crippen LogP contribution in [0.25, 0.3) is 11.3 Å².